The van der Waals surface area contributed by atoms with Crippen LogP contribution in [0.15, 0.2) is 9.95 Å². The summed E-state index contributed by atoms with van der Waals surface area (Å²) in [6.07, 6.45) is 1.05. The monoisotopic (exact) mass is 300 g/mol. The van der Waals surface area contributed by atoms with Crippen molar-refractivity contribution in [2.75, 3.05) is 18.8 Å². The number of thioether (sulfide) groups is 1. The molecule has 1 atom stereocenters. The molecule has 0 saturated carbocycles. The number of carboxylic acids is 1. The lowest BCUT2D eigenvalue weighted by molar-refractivity contribution is -0.133. The molecule has 1 aliphatic rings. The van der Waals surface area contributed by atoms with E-state index < -0.39 is 5.97 Å². The van der Waals surface area contributed by atoms with E-state index in [0.29, 0.717) is 23.7 Å². The van der Waals surface area contributed by atoms with Gasteiger partial charge in [-0.1, -0.05) is 11.8 Å². The maximum atomic E-state index is 11.8. The first-order valence-corrected chi connectivity index (χ1v) is 7.69. The molecule has 1 aromatic heterocycles. The van der Waals surface area contributed by atoms with Crippen molar-refractivity contribution in [3.05, 3.63) is 10.5 Å². The topological polar surface area (TPSA) is 91.2 Å². The summed E-state index contributed by atoms with van der Waals surface area (Å²) < 4.78 is 1.56. The Morgan fingerprint density at radius 3 is 2.95 bits per heavy atom. The first-order chi connectivity index (χ1) is 9.47. The molecule has 0 bridgehead atoms. The maximum absolute atomic E-state index is 11.8. The molecule has 8 heteroatoms. The second kappa shape index (κ2) is 6.45. The predicted molar refractivity (Wildman–Crippen MR) is 76.0 cm³/mol. The fourth-order valence-corrected chi connectivity index (χ4v) is 3.12. The summed E-state index contributed by atoms with van der Waals surface area (Å²) in [4.78, 5) is 24.7. The average molecular weight is 300 g/mol. The Labute approximate surface area is 121 Å². The third kappa shape index (κ3) is 3.63. The van der Waals surface area contributed by atoms with Gasteiger partial charge in [0.25, 0.3) is 0 Å². The molecule has 0 radical (unpaired) electrons. The van der Waals surface area contributed by atoms with Gasteiger partial charge in [0, 0.05) is 19.1 Å². The van der Waals surface area contributed by atoms with Crippen LogP contribution in [0.3, 0.4) is 0 Å². The van der Waals surface area contributed by atoms with Crippen LogP contribution < -0.4 is 5.69 Å². The number of hydrogen-bond donors (Lipinski definition) is 2. The molecule has 112 valence electrons. The molecular weight excluding hydrogens is 280 g/mol. The summed E-state index contributed by atoms with van der Waals surface area (Å²) in [7, 11) is 0. The Morgan fingerprint density at radius 1 is 1.60 bits per heavy atom. The Balaban J connectivity index is 2.00. The van der Waals surface area contributed by atoms with Gasteiger partial charge in [-0.05, 0) is 32.7 Å². The number of carbonyl (C=O) groups is 1. The summed E-state index contributed by atoms with van der Waals surface area (Å²) in [6.45, 7) is 6.95. The zero-order valence-electron chi connectivity index (χ0n) is 11.7. The first kappa shape index (κ1) is 15.1. The Morgan fingerprint density at radius 2 is 2.35 bits per heavy atom. The van der Waals surface area contributed by atoms with Gasteiger partial charge in [0.2, 0.25) is 0 Å². The number of aromatic nitrogens is 3. The Hall–Kier alpha value is -1.28. The zero-order valence-corrected chi connectivity index (χ0v) is 12.5. The van der Waals surface area contributed by atoms with E-state index in [2.05, 4.69) is 28.9 Å². The molecule has 20 heavy (non-hydrogen) atoms. The van der Waals surface area contributed by atoms with Crippen molar-refractivity contribution in [1.29, 1.82) is 0 Å². The van der Waals surface area contributed by atoms with E-state index in [1.165, 1.54) is 0 Å². The first-order valence-electron chi connectivity index (χ1n) is 6.71. The number of aromatic amines is 1. The number of hydrogen-bond acceptors (Lipinski definition) is 5. The van der Waals surface area contributed by atoms with Gasteiger partial charge in [0.1, 0.15) is 0 Å². The van der Waals surface area contributed by atoms with Gasteiger partial charge in [-0.3, -0.25) is 9.36 Å². The van der Waals surface area contributed by atoms with Gasteiger partial charge in [-0.25, -0.2) is 9.89 Å². The SMILES string of the molecule is CC(C)N1CCC(Cn2c(SCC(=O)O)n[nH]c2=O)C1. The summed E-state index contributed by atoms with van der Waals surface area (Å²) in [5.41, 5.74) is -0.263. The van der Waals surface area contributed by atoms with E-state index in [-0.39, 0.29) is 11.4 Å². The van der Waals surface area contributed by atoms with E-state index in [4.69, 9.17) is 5.11 Å². The van der Waals surface area contributed by atoms with E-state index in [1.54, 1.807) is 4.57 Å². The lowest BCUT2D eigenvalue weighted by Crippen LogP contribution is -2.30. The van der Waals surface area contributed by atoms with Crippen molar-refractivity contribution in [2.45, 2.75) is 38.0 Å². The van der Waals surface area contributed by atoms with Crippen LogP contribution in [0.1, 0.15) is 20.3 Å². The van der Waals surface area contributed by atoms with Gasteiger partial charge in [0.15, 0.2) is 5.16 Å². The second-order valence-corrected chi connectivity index (χ2v) is 6.29. The number of nitrogens with one attached hydrogen (secondary N) is 1. The van der Waals surface area contributed by atoms with E-state index in [0.717, 1.165) is 31.3 Å². The highest BCUT2D eigenvalue weighted by atomic mass is 32.2. The molecule has 1 saturated heterocycles. The molecule has 1 aliphatic heterocycles. The van der Waals surface area contributed by atoms with Crippen LogP contribution in [0.2, 0.25) is 0 Å². The molecule has 1 unspecified atom stereocenters. The summed E-state index contributed by atoms with van der Waals surface area (Å²) >= 11 is 1.07. The molecule has 0 aromatic carbocycles. The third-order valence-corrected chi connectivity index (χ3v) is 4.50. The van der Waals surface area contributed by atoms with Gasteiger partial charge < -0.3 is 10.0 Å². The third-order valence-electron chi connectivity index (χ3n) is 3.54. The van der Waals surface area contributed by atoms with E-state index in [1.807, 2.05) is 0 Å². The molecule has 1 aromatic rings. The highest BCUT2D eigenvalue weighted by Gasteiger charge is 2.26. The van der Waals surface area contributed by atoms with Crippen molar-refractivity contribution in [2.24, 2.45) is 5.92 Å². The van der Waals surface area contributed by atoms with E-state index in [9.17, 15) is 9.59 Å². The Bertz CT molecular complexity index is 525. The minimum Gasteiger partial charge on any atom is -0.481 e. The van der Waals surface area contributed by atoms with Crippen LogP contribution in [-0.2, 0) is 11.3 Å². The number of aliphatic carboxylic acids is 1. The van der Waals surface area contributed by atoms with Crippen molar-refractivity contribution >= 4 is 17.7 Å². The normalized spacial score (nSPS) is 19.9. The lowest BCUT2D eigenvalue weighted by atomic mass is 10.1. The highest BCUT2D eigenvalue weighted by molar-refractivity contribution is 7.99. The number of H-pyrrole nitrogens is 1. The predicted octanol–water partition coefficient (Wildman–Crippen LogP) is 0.478. The number of rotatable bonds is 6. The van der Waals surface area contributed by atoms with Gasteiger partial charge in [-0.2, -0.15) is 0 Å². The van der Waals surface area contributed by atoms with Crippen LogP contribution in [0.25, 0.3) is 0 Å². The molecule has 0 aliphatic carbocycles. The quantitative estimate of drug-likeness (QED) is 0.743. The van der Waals surface area contributed by atoms with Crippen molar-refractivity contribution in [3.63, 3.8) is 0 Å². The molecule has 7 nitrogen and oxygen atoms in total. The van der Waals surface area contributed by atoms with E-state index >= 15 is 0 Å². The van der Waals surface area contributed by atoms with Crippen molar-refractivity contribution in [3.8, 4) is 0 Å². The smallest absolute Gasteiger partial charge is 0.343 e. The fraction of sp³-hybridized carbons (Fsp3) is 0.750. The molecular formula is C12H20N4O3S. The summed E-state index contributed by atoms with van der Waals surface area (Å²) in [6, 6.07) is 0.516. The van der Waals surface area contributed by atoms with Gasteiger partial charge in [0.05, 0.1) is 5.75 Å². The minimum absolute atomic E-state index is 0.0902. The molecule has 2 heterocycles. The lowest BCUT2D eigenvalue weighted by Gasteiger charge is -2.20. The second-order valence-electron chi connectivity index (χ2n) is 5.35. The zero-order chi connectivity index (χ0) is 14.7. The Kier molecular flexibility index (Phi) is 4.87. The van der Waals surface area contributed by atoms with Gasteiger partial charge in [-0.15, -0.1) is 5.10 Å². The van der Waals surface area contributed by atoms with Crippen LogP contribution in [-0.4, -0.2) is 55.6 Å². The average Bonchev–Trinajstić information content (AvgIpc) is 2.97. The van der Waals surface area contributed by atoms with Gasteiger partial charge >= 0.3 is 11.7 Å². The number of nitrogens with zero attached hydrogens (tertiary/aromatic N) is 3. The van der Waals surface area contributed by atoms with Crippen molar-refractivity contribution < 1.29 is 9.90 Å². The summed E-state index contributed by atoms with van der Waals surface area (Å²) in [5, 5.41) is 15.5. The molecule has 1 fully saturated rings. The molecule has 2 N–H and O–H groups in total. The summed E-state index contributed by atoms with van der Waals surface area (Å²) in [5.74, 6) is -0.590. The van der Waals surface area contributed by atoms with Crippen LogP contribution in [0.5, 0.6) is 0 Å². The number of likely N-dealkylation sites (tertiary alicyclic amines) is 1. The molecule has 0 spiro atoms. The highest BCUT2D eigenvalue weighted by Crippen LogP contribution is 2.21. The van der Waals surface area contributed by atoms with Crippen LogP contribution in [0.4, 0.5) is 0 Å². The standard InChI is InChI=1S/C12H20N4O3S/c1-8(2)15-4-3-9(5-15)6-16-11(19)13-14-12(16)20-7-10(17)18/h8-9H,3-7H2,1-2H3,(H,13,19)(H,17,18). The van der Waals surface area contributed by atoms with Crippen molar-refractivity contribution in [1.82, 2.24) is 19.7 Å². The maximum Gasteiger partial charge on any atom is 0.343 e. The fourth-order valence-electron chi connectivity index (χ4n) is 2.44. The van der Waals surface area contributed by atoms with Crippen LogP contribution >= 0.6 is 11.8 Å². The minimum atomic E-state index is -0.913. The number of carboxylic acid groups (broad SMARTS) is 1. The largest absolute Gasteiger partial charge is 0.481 e. The van der Waals surface area contributed by atoms with Crippen LogP contribution in [0, 0.1) is 5.92 Å². The molecule has 0 amide bonds. The molecule has 2 rings (SSSR count).